The third kappa shape index (κ3) is 3.79. The molecule has 1 aromatic rings. The number of rotatable bonds is 6. The molecular weight excluding hydrogens is 244 g/mol. The largest absolute Gasteiger partial charge is 0.478 e. The van der Waals surface area contributed by atoms with Crippen LogP contribution < -0.4 is 4.72 Å². The van der Waals surface area contributed by atoms with E-state index in [9.17, 15) is 13.2 Å². The van der Waals surface area contributed by atoms with Crippen LogP contribution in [0.4, 0.5) is 0 Å². The van der Waals surface area contributed by atoms with Crippen molar-refractivity contribution in [3.63, 3.8) is 0 Å². The topological polar surface area (TPSA) is 96.4 Å². The standard InChI is InChI=1S/C10H14N2O4S/c1-2-3-6-12-17(15,16)9-5-4-8(7-11-9)10(13)14/h4-5,7,12H,2-3,6H2,1H3,(H,13,14). The fourth-order valence-electron chi connectivity index (χ4n) is 1.12. The lowest BCUT2D eigenvalue weighted by atomic mass is 10.3. The minimum absolute atomic E-state index is 0.0440. The maximum atomic E-state index is 11.7. The molecule has 7 heteroatoms. The van der Waals surface area contributed by atoms with E-state index < -0.39 is 16.0 Å². The van der Waals surface area contributed by atoms with Gasteiger partial charge in [0.25, 0.3) is 10.0 Å². The number of unbranched alkanes of at least 4 members (excludes halogenated alkanes) is 1. The van der Waals surface area contributed by atoms with E-state index in [0.717, 1.165) is 19.0 Å². The molecule has 0 spiro atoms. The average Bonchev–Trinajstić information content (AvgIpc) is 2.29. The second-order valence-electron chi connectivity index (χ2n) is 3.44. The summed E-state index contributed by atoms with van der Waals surface area (Å²) in [4.78, 5) is 14.2. The van der Waals surface area contributed by atoms with Crippen LogP contribution in [0, 0.1) is 0 Å². The number of nitrogens with zero attached hydrogens (tertiary/aromatic N) is 1. The maximum absolute atomic E-state index is 11.7. The Kier molecular flexibility index (Phi) is 4.59. The van der Waals surface area contributed by atoms with E-state index in [-0.39, 0.29) is 10.6 Å². The van der Waals surface area contributed by atoms with Gasteiger partial charge in [-0.05, 0) is 18.6 Å². The van der Waals surface area contributed by atoms with Crippen molar-refractivity contribution >= 4 is 16.0 Å². The summed E-state index contributed by atoms with van der Waals surface area (Å²) in [6.45, 7) is 2.30. The molecule has 1 aromatic heterocycles. The van der Waals surface area contributed by atoms with E-state index in [1.807, 2.05) is 6.92 Å². The predicted octanol–water partition coefficient (Wildman–Crippen LogP) is 0.858. The van der Waals surface area contributed by atoms with Crippen molar-refractivity contribution in [2.45, 2.75) is 24.8 Å². The summed E-state index contributed by atoms with van der Waals surface area (Å²) in [7, 11) is -3.63. The van der Waals surface area contributed by atoms with Crippen LogP contribution in [0.15, 0.2) is 23.4 Å². The molecule has 0 aromatic carbocycles. The fourth-order valence-corrected chi connectivity index (χ4v) is 2.12. The van der Waals surface area contributed by atoms with Crippen LogP contribution >= 0.6 is 0 Å². The Morgan fingerprint density at radius 3 is 2.65 bits per heavy atom. The number of sulfonamides is 1. The van der Waals surface area contributed by atoms with Crippen molar-refractivity contribution in [3.8, 4) is 0 Å². The van der Waals surface area contributed by atoms with Gasteiger partial charge < -0.3 is 5.11 Å². The molecular formula is C10H14N2O4S. The first-order valence-electron chi connectivity index (χ1n) is 5.16. The smallest absolute Gasteiger partial charge is 0.337 e. The number of hydrogen-bond donors (Lipinski definition) is 2. The zero-order valence-corrected chi connectivity index (χ0v) is 10.2. The van der Waals surface area contributed by atoms with E-state index >= 15 is 0 Å². The molecule has 0 bridgehead atoms. The van der Waals surface area contributed by atoms with Gasteiger partial charge in [-0.2, -0.15) is 0 Å². The van der Waals surface area contributed by atoms with Gasteiger partial charge in [-0.3, -0.25) is 0 Å². The van der Waals surface area contributed by atoms with Crippen LogP contribution in [0.25, 0.3) is 0 Å². The molecule has 1 rings (SSSR count). The van der Waals surface area contributed by atoms with Gasteiger partial charge in [0, 0.05) is 12.7 Å². The van der Waals surface area contributed by atoms with E-state index in [2.05, 4.69) is 9.71 Å². The van der Waals surface area contributed by atoms with Crippen LogP contribution in [0.5, 0.6) is 0 Å². The summed E-state index contributed by atoms with van der Waals surface area (Å²) >= 11 is 0. The Balaban J connectivity index is 2.81. The molecule has 17 heavy (non-hydrogen) atoms. The van der Waals surface area contributed by atoms with E-state index in [4.69, 9.17) is 5.11 Å². The average molecular weight is 258 g/mol. The highest BCUT2D eigenvalue weighted by Gasteiger charge is 2.15. The molecule has 0 aliphatic heterocycles. The highest BCUT2D eigenvalue weighted by molar-refractivity contribution is 7.89. The van der Waals surface area contributed by atoms with Crippen LogP contribution in [0.3, 0.4) is 0 Å². The van der Waals surface area contributed by atoms with Gasteiger partial charge in [0.2, 0.25) is 0 Å². The Labute approximate surface area is 99.7 Å². The van der Waals surface area contributed by atoms with Gasteiger partial charge in [0.1, 0.15) is 0 Å². The number of aromatic nitrogens is 1. The molecule has 0 atom stereocenters. The molecule has 0 saturated carbocycles. The number of carboxylic acids is 1. The molecule has 0 aliphatic rings. The van der Waals surface area contributed by atoms with E-state index in [0.29, 0.717) is 6.54 Å². The summed E-state index contributed by atoms with van der Waals surface area (Å²) in [5.74, 6) is -1.14. The molecule has 0 saturated heterocycles. The summed E-state index contributed by atoms with van der Waals surface area (Å²) < 4.78 is 25.7. The molecule has 0 fully saturated rings. The first-order valence-corrected chi connectivity index (χ1v) is 6.64. The first-order chi connectivity index (χ1) is 7.97. The first kappa shape index (κ1) is 13.6. The van der Waals surface area contributed by atoms with Crippen molar-refractivity contribution in [1.29, 1.82) is 0 Å². The lowest BCUT2D eigenvalue weighted by molar-refractivity contribution is 0.0696. The number of carbonyl (C=O) groups is 1. The lowest BCUT2D eigenvalue weighted by Gasteiger charge is -2.05. The van der Waals surface area contributed by atoms with Crippen LogP contribution in [0.1, 0.15) is 30.1 Å². The SMILES string of the molecule is CCCCNS(=O)(=O)c1ccc(C(=O)O)cn1. The van der Waals surface area contributed by atoms with Crippen molar-refractivity contribution in [2.24, 2.45) is 0 Å². The summed E-state index contributed by atoms with van der Waals surface area (Å²) in [5.41, 5.74) is -0.0440. The molecule has 6 nitrogen and oxygen atoms in total. The highest BCUT2D eigenvalue weighted by atomic mass is 32.2. The highest BCUT2D eigenvalue weighted by Crippen LogP contribution is 2.06. The van der Waals surface area contributed by atoms with Gasteiger partial charge in [-0.25, -0.2) is 22.9 Å². The van der Waals surface area contributed by atoms with E-state index in [1.165, 1.54) is 12.1 Å². The zero-order chi connectivity index (χ0) is 12.9. The lowest BCUT2D eigenvalue weighted by Crippen LogP contribution is -2.25. The van der Waals surface area contributed by atoms with Crippen LogP contribution in [-0.4, -0.2) is 31.0 Å². The third-order valence-corrected chi connectivity index (χ3v) is 3.46. The quantitative estimate of drug-likeness (QED) is 0.738. The van der Waals surface area contributed by atoms with Crippen molar-refractivity contribution in [1.82, 2.24) is 9.71 Å². The Morgan fingerprint density at radius 1 is 1.47 bits per heavy atom. The third-order valence-electron chi connectivity index (χ3n) is 2.08. The molecule has 1 heterocycles. The van der Waals surface area contributed by atoms with Crippen molar-refractivity contribution in [3.05, 3.63) is 23.9 Å². The van der Waals surface area contributed by atoms with Gasteiger partial charge >= 0.3 is 5.97 Å². The number of pyridine rings is 1. The Morgan fingerprint density at radius 2 is 2.18 bits per heavy atom. The second-order valence-corrected chi connectivity index (χ2v) is 5.16. The Hall–Kier alpha value is -1.47. The molecule has 0 radical (unpaired) electrons. The summed E-state index contributed by atoms with van der Waals surface area (Å²) in [6.07, 6.45) is 2.65. The molecule has 94 valence electrons. The molecule has 0 amide bonds. The summed E-state index contributed by atoms with van der Waals surface area (Å²) in [5, 5.41) is 8.48. The van der Waals surface area contributed by atoms with Gasteiger partial charge in [-0.1, -0.05) is 13.3 Å². The molecule has 0 aliphatic carbocycles. The fraction of sp³-hybridized carbons (Fsp3) is 0.400. The Bertz CT molecular complexity index is 482. The number of aromatic carboxylic acids is 1. The normalized spacial score (nSPS) is 11.4. The molecule has 2 N–H and O–H groups in total. The van der Waals surface area contributed by atoms with Crippen molar-refractivity contribution < 1.29 is 18.3 Å². The van der Waals surface area contributed by atoms with Crippen molar-refractivity contribution in [2.75, 3.05) is 6.54 Å². The van der Waals surface area contributed by atoms with Crippen LogP contribution in [0.2, 0.25) is 0 Å². The zero-order valence-electron chi connectivity index (χ0n) is 9.38. The maximum Gasteiger partial charge on any atom is 0.337 e. The monoisotopic (exact) mass is 258 g/mol. The molecule has 0 unspecified atom stereocenters. The number of carboxylic acid groups (broad SMARTS) is 1. The minimum atomic E-state index is -3.63. The van der Waals surface area contributed by atoms with Gasteiger partial charge in [-0.15, -0.1) is 0 Å². The second kappa shape index (κ2) is 5.74. The number of hydrogen-bond acceptors (Lipinski definition) is 4. The van der Waals surface area contributed by atoms with Gasteiger partial charge in [0.05, 0.1) is 5.56 Å². The van der Waals surface area contributed by atoms with Gasteiger partial charge in [0.15, 0.2) is 5.03 Å². The summed E-state index contributed by atoms with van der Waals surface area (Å²) in [6, 6.07) is 2.39. The predicted molar refractivity (Wildman–Crippen MR) is 61.3 cm³/mol. The van der Waals surface area contributed by atoms with Crippen LogP contribution in [-0.2, 0) is 10.0 Å². The number of nitrogens with one attached hydrogen (secondary N) is 1. The van der Waals surface area contributed by atoms with E-state index in [1.54, 1.807) is 0 Å². The minimum Gasteiger partial charge on any atom is -0.478 e.